The first-order valence-electron chi connectivity index (χ1n) is 1.82. The number of hydrogen-bond donors (Lipinski definition) is 0. The minimum atomic E-state index is 0.141. The summed E-state index contributed by atoms with van der Waals surface area (Å²) in [6, 6.07) is 0. The van der Waals surface area contributed by atoms with Crippen LogP contribution in [0.5, 0.6) is 0 Å². The van der Waals surface area contributed by atoms with Crippen molar-refractivity contribution in [3.8, 4) is 0 Å². The van der Waals surface area contributed by atoms with Crippen LogP contribution in [0.25, 0.3) is 0 Å². The van der Waals surface area contributed by atoms with Gasteiger partial charge in [0.15, 0.2) is 0 Å². The average Bonchev–Trinajstić information content (AvgIpc) is 1.87. The predicted octanol–water partition coefficient (Wildman–Crippen LogP) is 1.54. The highest BCUT2D eigenvalue weighted by atomic mass is 79.9. The van der Waals surface area contributed by atoms with Crippen molar-refractivity contribution in [2.75, 3.05) is 0 Å². The lowest BCUT2D eigenvalue weighted by molar-refractivity contribution is -0.106. The lowest BCUT2D eigenvalue weighted by Crippen LogP contribution is -1.78. The normalized spacial score (nSPS) is 29.3. The molecule has 0 saturated heterocycles. The molecule has 1 aliphatic rings. The van der Waals surface area contributed by atoms with E-state index in [-0.39, 0.29) is 9.27 Å². The fourth-order valence-corrected chi connectivity index (χ4v) is 1.59. The van der Waals surface area contributed by atoms with Gasteiger partial charge in [0.25, 0.3) is 0 Å². The first kappa shape index (κ1) is 5.38. The number of rotatable bonds is 0. The van der Waals surface area contributed by atoms with Gasteiger partial charge >= 0.3 is 0 Å². The summed E-state index contributed by atoms with van der Waals surface area (Å²) in [7, 11) is 0. The third-order valence-corrected chi connectivity index (χ3v) is 2.23. The van der Waals surface area contributed by atoms with E-state index in [1.165, 1.54) is 11.8 Å². The molecule has 0 aromatic carbocycles. The molecule has 3 heteroatoms. The van der Waals surface area contributed by atoms with E-state index >= 15 is 0 Å². The summed E-state index contributed by atoms with van der Waals surface area (Å²) >= 11 is 4.52. The molecule has 1 aliphatic heterocycles. The molecule has 1 heterocycles. The second-order valence-corrected chi connectivity index (χ2v) is 3.89. The van der Waals surface area contributed by atoms with Crippen molar-refractivity contribution in [3.63, 3.8) is 0 Å². The lowest BCUT2D eigenvalue weighted by Gasteiger charge is -1.86. The van der Waals surface area contributed by atoms with Gasteiger partial charge in [-0.3, -0.25) is 4.79 Å². The van der Waals surface area contributed by atoms with Crippen molar-refractivity contribution >= 4 is 32.8 Å². The highest BCUT2D eigenvalue weighted by molar-refractivity contribution is 9.11. The van der Waals surface area contributed by atoms with Crippen molar-refractivity contribution in [3.05, 3.63) is 12.2 Å². The van der Waals surface area contributed by atoms with Crippen molar-refractivity contribution < 1.29 is 4.79 Å². The van der Waals surface area contributed by atoms with Gasteiger partial charge in [-0.15, -0.1) is 0 Å². The molecule has 0 aromatic heterocycles. The molecule has 0 spiro atoms. The first-order valence-corrected chi connectivity index (χ1v) is 3.61. The third kappa shape index (κ3) is 1.31. The smallest absolute Gasteiger partial charge is 0.213 e. The van der Waals surface area contributed by atoms with Crippen LogP contribution in [-0.4, -0.2) is 9.27 Å². The molecule has 1 atom stereocenters. The lowest BCUT2D eigenvalue weighted by atomic mass is 10.6. The Hall–Kier alpha value is 0.240. The zero-order chi connectivity index (χ0) is 5.28. The summed E-state index contributed by atoms with van der Waals surface area (Å²) in [5, 5.41) is 0.141. The summed E-state index contributed by atoms with van der Waals surface area (Å²) in [5.41, 5.74) is 0. The molecule has 0 amide bonds. The Bertz CT molecular complexity index is 121. The van der Waals surface area contributed by atoms with Crippen LogP contribution in [-0.2, 0) is 4.79 Å². The van der Waals surface area contributed by atoms with Crippen LogP contribution >= 0.6 is 27.7 Å². The molecule has 0 bridgehead atoms. The Morgan fingerprint density at radius 2 is 2.57 bits per heavy atom. The molecule has 0 radical (unpaired) electrons. The van der Waals surface area contributed by atoms with Crippen LogP contribution in [0.3, 0.4) is 0 Å². The fourth-order valence-electron chi connectivity index (χ4n) is 0.344. The Labute approximate surface area is 54.3 Å². The Balaban J connectivity index is 2.58. The van der Waals surface area contributed by atoms with Gasteiger partial charge < -0.3 is 0 Å². The van der Waals surface area contributed by atoms with E-state index in [2.05, 4.69) is 15.9 Å². The standard InChI is InChI=1S/C4H3BrOS/c5-3-1-2-4(6)7-3/h1-3H. The maximum absolute atomic E-state index is 10.3. The van der Waals surface area contributed by atoms with Gasteiger partial charge in [0, 0.05) is 0 Å². The summed E-state index contributed by atoms with van der Waals surface area (Å²) in [4.78, 5) is 10.3. The largest absolute Gasteiger partial charge is 0.282 e. The van der Waals surface area contributed by atoms with Gasteiger partial charge in [-0.25, -0.2) is 0 Å². The molecule has 0 saturated carbocycles. The van der Waals surface area contributed by atoms with Gasteiger partial charge in [-0.05, 0) is 6.08 Å². The Kier molecular flexibility index (Phi) is 1.54. The monoisotopic (exact) mass is 178 g/mol. The van der Waals surface area contributed by atoms with E-state index in [1.807, 2.05) is 6.08 Å². The molecule has 1 rings (SSSR count). The van der Waals surface area contributed by atoms with E-state index in [0.717, 1.165) is 0 Å². The molecular formula is C4H3BrOS. The molecule has 0 fully saturated rings. The highest BCUT2D eigenvalue weighted by Gasteiger charge is 2.11. The van der Waals surface area contributed by atoms with E-state index in [9.17, 15) is 4.79 Å². The van der Waals surface area contributed by atoms with Crippen LogP contribution in [0.4, 0.5) is 0 Å². The maximum atomic E-state index is 10.3. The summed E-state index contributed by atoms with van der Waals surface area (Å²) in [5.74, 6) is 0. The van der Waals surface area contributed by atoms with Crippen molar-refractivity contribution in [2.24, 2.45) is 0 Å². The Morgan fingerprint density at radius 3 is 2.71 bits per heavy atom. The number of thioether (sulfide) groups is 1. The second-order valence-electron chi connectivity index (χ2n) is 1.15. The number of carbonyl (C=O) groups is 1. The van der Waals surface area contributed by atoms with E-state index < -0.39 is 0 Å². The highest BCUT2D eigenvalue weighted by Crippen LogP contribution is 2.25. The molecule has 1 nitrogen and oxygen atoms in total. The molecule has 0 N–H and O–H groups in total. The SMILES string of the molecule is O=C1C=CC(Br)S1. The number of hydrogen-bond acceptors (Lipinski definition) is 2. The van der Waals surface area contributed by atoms with Gasteiger partial charge in [0.05, 0.1) is 4.16 Å². The van der Waals surface area contributed by atoms with Gasteiger partial charge in [0.2, 0.25) is 5.12 Å². The van der Waals surface area contributed by atoms with Crippen LogP contribution in [0, 0.1) is 0 Å². The molecule has 0 aliphatic carbocycles. The van der Waals surface area contributed by atoms with Gasteiger partial charge in [-0.1, -0.05) is 33.8 Å². The average molecular weight is 179 g/mol. The summed E-state index contributed by atoms with van der Waals surface area (Å²) < 4.78 is 0.222. The van der Waals surface area contributed by atoms with Crippen LogP contribution in [0.1, 0.15) is 0 Å². The predicted molar refractivity (Wildman–Crippen MR) is 34.5 cm³/mol. The van der Waals surface area contributed by atoms with E-state index in [1.54, 1.807) is 6.08 Å². The van der Waals surface area contributed by atoms with Crippen LogP contribution < -0.4 is 0 Å². The number of alkyl halides is 1. The van der Waals surface area contributed by atoms with Crippen LogP contribution in [0.15, 0.2) is 12.2 Å². The van der Waals surface area contributed by atoms with Crippen molar-refractivity contribution in [1.82, 2.24) is 0 Å². The van der Waals surface area contributed by atoms with E-state index in [0.29, 0.717) is 0 Å². The van der Waals surface area contributed by atoms with Gasteiger partial charge in [-0.2, -0.15) is 0 Å². The van der Waals surface area contributed by atoms with Gasteiger partial charge in [0.1, 0.15) is 0 Å². The minimum absolute atomic E-state index is 0.141. The second kappa shape index (κ2) is 2.01. The van der Waals surface area contributed by atoms with Crippen molar-refractivity contribution in [2.45, 2.75) is 4.16 Å². The number of halogens is 1. The fraction of sp³-hybridized carbons (Fsp3) is 0.250. The zero-order valence-electron chi connectivity index (χ0n) is 3.43. The van der Waals surface area contributed by atoms with Crippen molar-refractivity contribution in [1.29, 1.82) is 0 Å². The minimum Gasteiger partial charge on any atom is -0.282 e. The Morgan fingerprint density at radius 1 is 1.86 bits per heavy atom. The first-order chi connectivity index (χ1) is 3.29. The quantitative estimate of drug-likeness (QED) is 0.524. The molecule has 7 heavy (non-hydrogen) atoms. The molecule has 38 valence electrons. The summed E-state index contributed by atoms with van der Waals surface area (Å²) in [6.07, 6.45) is 3.40. The molecule has 1 unspecified atom stereocenters. The van der Waals surface area contributed by atoms with Crippen LogP contribution in [0.2, 0.25) is 0 Å². The zero-order valence-corrected chi connectivity index (χ0v) is 5.83. The number of carbonyl (C=O) groups excluding carboxylic acids is 1. The molecule has 0 aromatic rings. The molecular weight excluding hydrogens is 176 g/mol. The topological polar surface area (TPSA) is 17.1 Å². The summed E-state index contributed by atoms with van der Waals surface area (Å²) in [6.45, 7) is 0. The third-order valence-electron chi connectivity index (χ3n) is 0.612. The van der Waals surface area contributed by atoms with E-state index in [4.69, 9.17) is 0 Å². The maximum Gasteiger partial charge on any atom is 0.213 e.